The van der Waals surface area contributed by atoms with Gasteiger partial charge in [-0.15, -0.1) is 10.2 Å². The van der Waals surface area contributed by atoms with Crippen molar-refractivity contribution < 1.29 is 14.6 Å². The Labute approximate surface area is 206 Å². The normalized spacial score (nSPS) is 16.2. The van der Waals surface area contributed by atoms with E-state index in [1.54, 1.807) is 7.11 Å². The SMILES string of the molecule is COc1ccc2c(c1)nc(NCCCCNC(=O)[C@H](C(C)C)N1CCC(O)CC1)c1nnc(C)n12. The number of carbonyl (C=O) groups excluding carboxylic acids is 1. The summed E-state index contributed by atoms with van der Waals surface area (Å²) in [6, 6.07) is 5.63. The minimum Gasteiger partial charge on any atom is -0.497 e. The molecular formula is C25H37N7O3. The third-order valence-corrected chi connectivity index (χ3v) is 6.68. The molecule has 1 saturated heterocycles. The highest BCUT2D eigenvalue weighted by atomic mass is 16.5. The van der Waals surface area contributed by atoms with Gasteiger partial charge in [0.2, 0.25) is 11.6 Å². The van der Waals surface area contributed by atoms with Crippen molar-refractivity contribution in [3.05, 3.63) is 24.0 Å². The number of aromatic nitrogens is 4. The fourth-order valence-electron chi connectivity index (χ4n) is 4.83. The molecule has 3 aromatic rings. The lowest BCUT2D eigenvalue weighted by Crippen LogP contribution is -2.53. The van der Waals surface area contributed by atoms with E-state index in [-0.39, 0.29) is 24.0 Å². The van der Waals surface area contributed by atoms with Crippen molar-refractivity contribution >= 4 is 28.4 Å². The van der Waals surface area contributed by atoms with Crippen molar-refractivity contribution in [2.45, 2.75) is 58.6 Å². The molecule has 0 radical (unpaired) electrons. The number of fused-ring (bicyclic) bond motifs is 3. The summed E-state index contributed by atoms with van der Waals surface area (Å²) in [5.74, 6) is 2.53. The number of aryl methyl sites for hydroxylation is 1. The number of unbranched alkanes of at least 4 members (excludes halogenated alkanes) is 1. The molecule has 3 N–H and O–H groups in total. The summed E-state index contributed by atoms with van der Waals surface area (Å²) >= 11 is 0. The molecule has 1 atom stereocenters. The lowest BCUT2D eigenvalue weighted by molar-refractivity contribution is -0.129. The number of anilines is 1. The van der Waals surface area contributed by atoms with Crippen molar-refractivity contribution in [2.75, 3.05) is 38.6 Å². The van der Waals surface area contributed by atoms with Crippen LogP contribution in [0.4, 0.5) is 5.82 Å². The van der Waals surface area contributed by atoms with Crippen molar-refractivity contribution in [3.63, 3.8) is 0 Å². The predicted octanol–water partition coefficient (Wildman–Crippen LogP) is 2.38. The molecule has 0 unspecified atom stereocenters. The molecule has 4 rings (SSSR count). The number of ether oxygens (including phenoxy) is 1. The van der Waals surface area contributed by atoms with Crippen LogP contribution in [0.1, 0.15) is 45.4 Å². The Morgan fingerprint density at radius 1 is 1.20 bits per heavy atom. The highest BCUT2D eigenvalue weighted by Gasteiger charge is 2.31. The number of rotatable bonds is 10. The molecule has 3 heterocycles. The number of methoxy groups -OCH3 is 1. The van der Waals surface area contributed by atoms with E-state index in [2.05, 4.69) is 39.6 Å². The van der Waals surface area contributed by atoms with Gasteiger partial charge in [0, 0.05) is 32.2 Å². The first kappa shape index (κ1) is 25.1. The zero-order chi connectivity index (χ0) is 24.9. The standard InChI is InChI=1S/C25H37N7O3/c1-16(2)22(31-13-9-18(33)10-14-31)25(34)27-12-6-5-11-26-23-24-30-29-17(3)32(24)21-8-7-19(35-4)15-20(21)28-23/h7-8,15-16,18,22,33H,5-6,9-14H2,1-4H3,(H,26,28)(H,27,34)/t22-/m0/s1. The van der Waals surface area contributed by atoms with E-state index in [0.29, 0.717) is 24.6 Å². The summed E-state index contributed by atoms with van der Waals surface area (Å²) in [6.07, 6.45) is 2.95. The van der Waals surface area contributed by atoms with E-state index in [1.807, 2.05) is 29.5 Å². The minimum atomic E-state index is -0.239. The maximum atomic E-state index is 12.9. The zero-order valence-electron chi connectivity index (χ0n) is 21.1. The van der Waals surface area contributed by atoms with Gasteiger partial charge in [-0.2, -0.15) is 0 Å². The van der Waals surface area contributed by atoms with Crippen molar-refractivity contribution in [2.24, 2.45) is 5.92 Å². The Hall–Kier alpha value is -2.98. The summed E-state index contributed by atoms with van der Waals surface area (Å²) in [4.78, 5) is 19.8. The van der Waals surface area contributed by atoms with Gasteiger partial charge in [-0.05, 0) is 50.7 Å². The van der Waals surface area contributed by atoms with Crippen LogP contribution in [0, 0.1) is 12.8 Å². The Kier molecular flexibility index (Phi) is 8.02. The molecule has 190 valence electrons. The maximum absolute atomic E-state index is 12.9. The number of benzene rings is 1. The first-order valence-corrected chi connectivity index (χ1v) is 12.5. The number of likely N-dealkylation sites (tertiary alicyclic amines) is 1. The van der Waals surface area contributed by atoms with Crippen LogP contribution >= 0.6 is 0 Å². The van der Waals surface area contributed by atoms with Gasteiger partial charge in [0.15, 0.2) is 5.82 Å². The number of hydrogen-bond donors (Lipinski definition) is 3. The first-order chi connectivity index (χ1) is 16.9. The van der Waals surface area contributed by atoms with E-state index < -0.39 is 0 Å². The molecule has 1 fully saturated rings. The molecular weight excluding hydrogens is 446 g/mol. The Morgan fingerprint density at radius 2 is 1.94 bits per heavy atom. The lowest BCUT2D eigenvalue weighted by atomic mass is 9.97. The number of nitrogens with one attached hydrogen (secondary N) is 2. The number of aliphatic hydroxyl groups excluding tert-OH is 1. The largest absolute Gasteiger partial charge is 0.497 e. The molecule has 1 aliphatic rings. The highest BCUT2D eigenvalue weighted by molar-refractivity contribution is 5.84. The average molecular weight is 484 g/mol. The molecule has 1 aliphatic heterocycles. The van der Waals surface area contributed by atoms with Crippen LogP contribution < -0.4 is 15.4 Å². The molecule has 0 spiro atoms. The van der Waals surface area contributed by atoms with E-state index >= 15 is 0 Å². The highest BCUT2D eigenvalue weighted by Crippen LogP contribution is 2.25. The fraction of sp³-hybridized carbons (Fsp3) is 0.600. The van der Waals surface area contributed by atoms with Gasteiger partial charge in [-0.3, -0.25) is 14.1 Å². The fourth-order valence-corrected chi connectivity index (χ4v) is 4.83. The summed E-state index contributed by atoms with van der Waals surface area (Å²) < 4.78 is 7.35. The number of hydrogen-bond acceptors (Lipinski definition) is 8. The molecule has 1 aromatic carbocycles. The third-order valence-electron chi connectivity index (χ3n) is 6.68. The summed E-state index contributed by atoms with van der Waals surface area (Å²) in [5, 5.41) is 24.8. The van der Waals surface area contributed by atoms with Crippen molar-refractivity contribution in [1.29, 1.82) is 0 Å². The van der Waals surface area contributed by atoms with E-state index in [4.69, 9.17) is 9.72 Å². The zero-order valence-corrected chi connectivity index (χ0v) is 21.1. The molecule has 1 amide bonds. The van der Waals surface area contributed by atoms with Crippen LogP contribution in [0.2, 0.25) is 0 Å². The predicted molar refractivity (Wildman–Crippen MR) is 136 cm³/mol. The molecule has 35 heavy (non-hydrogen) atoms. The Balaban J connectivity index is 1.31. The average Bonchev–Trinajstić information content (AvgIpc) is 3.24. The van der Waals surface area contributed by atoms with Crippen LogP contribution in [0.5, 0.6) is 5.75 Å². The van der Waals surface area contributed by atoms with Gasteiger partial charge in [0.25, 0.3) is 0 Å². The monoisotopic (exact) mass is 483 g/mol. The summed E-state index contributed by atoms with van der Waals surface area (Å²) in [6.45, 7) is 8.95. The summed E-state index contributed by atoms with van der Waals surface area (Å²) in [5.41, 5.74) is 2.43. The molecule has 0 saturated carbocycles. The number of piperidine rings is 1. The molecule has 2 aromatic heterocycles. The second kappa shape index (κ2) is 11.2. The van der Waals surface area contributed by atoms with Crippen molar-refractivity contribution in [1.82, 2.24) is 29.8 Å². The Bertz CT molecular complexity index is 1150. The molecule has 10 heteroatoms. The lowest BCUT2D eigenvalue weighted by Gasteiger charge is -2.37. The van der Waals surface area contributed by atoms with Gasteiger partial charge >= 0.3 is 0 Å². The maximum Gasteiger partial charge on any atom is 0.237 e. The third kappa shape index (κ3) is 5.65. The topological polar surface area (TPSA) is 117 Å². The van der Waals surface area contributed by atoms with E-state index in [1.165, 1.54) is 0 Å². The van der Waals surface area contributed by atoms with Crippen LogP contribution in [0.25, 0.3) is 16.7 Å². The number of carbonyl (C=O) groups is 1. The first-order valence-electron chi connectivity index (χ1n) is 12.5. The van der Waals surface area contributed by atoms with Gasteiger partial charge < -0.3 is 20.5 Å². The molecule has 0 bridgehead atoms. The molecule has 10 nitrogen and oxygen atoms in total. The molecule has 0 aliphatic carbocycles. The van der Waals surface area contributed by atoms with Crippen LogP contribution in [0.15, 0.2) is 18.2 Å². The second-order valence-corrected chi connectivity index (χ2v) is 9.60. The second-order valence-electron chi connectivity index (χ2n) is 9.60. The number of amides is 1. The van der Waals surface area contributed by atoms with E-state index in [0.717, 1.165) is 61.4 Å². The summed E-state index contributed by atoms with van der Waals surface area (Å²) in [7, 11) is 1.64. The number of aliphatic hydroxyl groups is 1. The van der Waals surface area contributed by atoms with Crippen LogP contribution in [-0.4, -0.2) is 80.9 Å². The van der Waals surface area contributed by atoms with Gasteiger partial charge in [0.1, 0.15) is 11.6 Å². The van der Waals surface area contributed by atoms with Gasteiger partial charge in [-0.1, -0.05) is 13.8 Å². The minimum absolute atomic E-state index is 0.0788. The smallest absolute Gasteiger partial charge is 0.237 e. The van der Waals surface area contributed by atoms with E-state index in [9.17, 15) is 9.90 Å². The quantitative estimate of drug-likeness (QED) is 0.377. The van der Waals surface area contributed by atoms with Crippen molar-refractivity contribution in [3.8, 4) is 5.75 Å². The Morgan fingerprint density at radius 3 is 2.66 bits per heavy atom. The van der Waals surface area contributed by atoms with Gasteiger partial charge in [0.05, 0.1) is 30.3 Å². The van der Waals surface area contributed by atoms with Crippen LogP contribution in [-0.2, 0) is 4.79 Å². The van der Waals surface area contributed by atoms with Crippen LogP contribution in [0.3, 0.4) is 0 Å². The number of nitrogens with zero attached hydrogens (tertiary/aromatic N) is 5. The van der Waals surface area contributed by atoms with Gasteiger partial charge in [-0.25, -0.2) is 4.98 Å².